The summed E-state index contributed by atoms with van der Waals surface area (Å²) in [6, 6.07) is 11.3. The number of ketones is 1. The van der Waals surface area contributed by atoms with E-state index in [2.05, 4.69) is 4.98 Å². The fourth-order valence-electron chi connectivity index (χ4n) is 2.37. The molecule has 0 aliphatic carbocycles. The second kappa shape index (κ2) is 7.76. The maximum atomic E-state index is 12.6. The molecule has 0 atom stereocenters. The number of Topliss-reactive ketones (excluding diaryl/α,β-unsaturated/α-hetero) is 1. The van der Waals surface area contributed by atoms with Gasteiger partial charge in [0.1, 0.15) is 0 Å². The van der Waals surface area contributed by atoms with Crippen LogP contribution >= 0.6 is 23.1 Å². The lowest BCUT2D eigenvalue weighted by Crippen LogP contribution is -2.05. The van der Waals surface area contributed by atoms with E-state index in [4.69, 9.17) is 14.2 Å². The molecule has 0 spiro atoms. The van der Waals surface area contributed by atoms with Crippen molar-refractivity contribution in [3.63, 3.8) is 0 Å². The van der Waals surface area contributed by atoms with Gasteiger partial charge in [-0.3, -0.25) is 4.79 Å². The molecule has 3 rings (SSSR count). The Balaban J connectivity index is 1.78. The number of fused-ring (bicyclic) bond motifs is 1. The molecule has 0 saturated carbocycles. The second-order valence-electron chi connectivity index (χ2n) is 5.07. The average molecular weight is 375 g/mol. The number of carbonyl (C=O) groups is 1. The van der Waals surface area contributed by atoms with Gasteiger partial charge in [-0.05, 0) is 24.3 Å². The average Bonchev–Trinajstić information content (AvgIpc) is 3.07. The van der Waals surface area contributed by atoms with Gasteiger partial charge in [0.15, 0.2) is 21.6 Å². The maximum absolute atomic E-state index is 12.6. The molecule has 0 saturated heterocycles. The van der Waals surface area contributed by atoms with Gasteiger partial charge in [0.25, 0.3) is 0 Å². The first-order valence-corrected chi connectivity index (χ1v) is 9.28. The van der Waals surface area contributed by atoms with Crippen molar-refractivity contribution < 1.29 is 19.0 Å². The van der Waals surface area contributed by atoms with E-state index >= 15 is 0 Å². The third-order valence-corrected chi connectivity index (χ3v) is 5.77. The molecule has 1 aromatic heterocycles. The minimum absolute atomic E-state index is 0.0245. The molecule has 0 unspecified atom stereocenters. The van der Waals surface area contributed by atoms with Gasteiger partial charge in [0.2, 0.25) is 5.75 Å². The van der Waals surface area contributed by atoms with Gasteiger partial charge in [-0.25, -0.2) is 4.98 Å². The number of ether oxygens (including phenoxy) is 3. The number of carbonyl (C=O) groups excluding carboxylic acids is 1. The molecule has 1 heterocycles. The molecule has 0 bridgehead atoms. The fraction of sp³-hybridized carbons (Fsp3) is 0.222. The lowest BCUT2D eigenvalue weighted by Gasteiger charge is -2.13. The summed E-state index contributed by atoms with van der Waals surface area (Å²) < 4.78 is 17.9. The topological polar surface area (TPSA) is 57.7 Å². The molecule has 0 amide bonds. The van der Waals surface area contributed by atoms with Crippen LogP contribution in [0.2, 0.25) is 0 Å². The van der Waals surface area contributed by atoms with E-state index in [9.17, 15) is 4.79 Å². The van der Waals surface area contributed by atoms with Crippen molar-refractivity contribution in [3.8, 4) is 17.2 Å². The molecule has 5 nitrogen and oxygen atoms in total. The van der Waals surface area contributed by atoms with E-state index < -0.39 is 0 Å². The largest absolute Gasteiger partial charge is 0.493 e. The number of rotatable bonds is 7. The fourth-order valence-corrected chi connectivity index (χ4v) is 4.33. The van der Waals surface area contributed by atoms with E-state index in [0.29, 0.717) is 28.6 Å². The molecule has 130 valence electrons. The number of benzene rings is 2. The maximum Gasteiger partial charge on any atom is 0.203 e. The van der Waals surface area contributed by atoms with E-state index in [-0.39, 0.29) is 5.78 Å². The normalized spacial score (nSPS) is 10.7. The van der Waals surface area contributed by atoms with Gasteiger partial charge >= 0.3 is 0 Å². The minimum atomic E-state index is -0.0245. The Morgan fingerprint density at radius 2 is 1.76 bits per heavy atom. The van der Waals surface area contributed by atoms with Gasteiger partial charge < -0.3 is 14.2 Å². The number of hydrogen-bond donors (Lipinski definition) is 0. The first-order valence-electron chi connectivity index (χ1n) is 7.48. The number of thiazole rings is 1. The standard InChI is InChI=1S/C18H17NO4S2/c1-21-14-8-11(9-15(22-2)17(14)23-3)13(20)10-24-18-19-12-6-4-5-7-16(12)25-18/h4-9H,10H2,1-3H3. The van der Waals surface area contributed by atoms with Crippen molar-refractivity contribution in [1.82, 2.24) is 4.98 Å². The van der Waals surface area contributed by atoms with Crippen LogP contribution in [-0.4, -0.2) is 37.8 Å². The predicted molar refractivity (Wildman–Crippen MR) is 101 cm³/mol. The van der Waals surface area contributed by atoms with Crippen molar-refractivity contribution in [2.45, 2.75) is 4.34 Å². The highest BCUT2D eigenvalue weighted by molar-refractivity contribution is 8.01. The predicted octanol–water partition coefficient (Wildman–Crippen LogP) is 4.30. The van der Waals surface area contributed by atoms with Gasteiger partial charge in [-0.2, -0.15) is 0 Å². The SMILES string of the molecule is COc1cc(C(=O)CSc2nc3ccccc3s2)cc(OC)c1OC. The highest BCUT2D eigenvalue weighted by Gasteiger charge is 2.17. The van der Waals surface area contributed by atoms with Crippen molar-refractivity contribution in [3.05, 3.63) is 42.0 Å². The van der Waals surface area contributed by atoms with Gasteiger partial charge in [0, 0.05) is 5.56 Å². The molecule has 0 radical (unpaired) electrons. The smallest absolute Gasteiger partial charge is 0.203 e. The lowest BCUT2D eigenvalue weighted by molar-refractivity contribution is 0.102. The number of thioether (sulfide) groups is 1. The Hall–Kier alpha value is -2.25. The van der Waals surface area contributed by atoms with Crippen molar-refractivity contribution in [2.24, 2.45) is 0 Å². The van der Waals surface area contributed by atoms with Crippen LogP contribution in [0.5, 0.6) is 17.2 Å². The van der Waals surface area contributed by atoms with Crippen molar-refractivity contribution >= 4 is 39.1 Å². The number of aromatic nitrogens is 1. The number of nitrogens with zero attached hydrogens (tertiary/aromatic N) is 1. The summed E-state index contributed by atoms with van der Waals surface area (Å²) in [4.78, 5) is 17.1. The van der Waals surface area contributed by atoms with Crippen LogP contribution in [0.3, 0.4) is 0 Å². The van der Waals surface area contributed by atoms with Crippen LogP contribution in [0.1, 0.15) is 10.4 Å². The van der Waals surface area contributed by atoms with Crippen LogP contribution in [-0.2, 0) is 0 Å². The van der Waals surface area contributed by atoms with Gasteiger partial charge in [0.05, 0.1) is 37.3 Å². The van der Waals surface area contributed by atoms with Crippen LogP contribution in [0.4, 0.5) is 0 Å². The monoisotopic (exact) mass is 375 g/mol. The quantitative estimate of drug-likeness (QED) is 0.453. The summed E-state index contributed by atoms with van der Waals surface area (Å²) >= 11 is 3.02. The molecular formula is C18H17NO4S2. The van der Waals surface area contributed by atoms with Crippen molar-refractivity contribution in [2.75, 3.05) is 27.1 Å². The molecular weight excluding hydrogens is 358 g/mol. The van der Waals surface area contributed by atoms with E-state index in [1.54, 1.807) is 23.5 Å². The van der Waals surface area contributed by atoms with Gasteiger partial charge in [-0.1, -0.05) is 23.9 Å². The summed E-state index contributed by atoms with van der Waals surface area (Å²) in [5.74, 6) is 1.67. The molecule has 2 aromatic carbocycles. The van der Waals surface area contributed by atoms with Crippen molar-refractivity contribution in [1.29, 1.82) is 0 Å². The summed E-state index contributed by atoms with van der Waals surface area (Å²) in [5, 5.41) is 0. The highest BCUT2D eigenvalue weighted by atomic mass is 32.2. The molecule has 7 heteroatoms. The molecule has 3 aromatic rings. The second-order valence-corrected chi connectivity index (χ2v) is 7.33. The minimum Gasteiger partial charge on any atom is -0.493 e. The zero-order chi connectivity index (χ0) is 17.8. The Labute approximate surface area is 153 Å². The zero-order valence-electron chi connectivity index (χ0n) is 14.1. The van der Waals surface area contributed by atoms with Crippen LogP contribution in [0.25, 0.3) is 10.2 Å². The number of hydrogen-bond acceptors (Lipinski definition) is 7. The summed E-state index contributed by atoms with van der Waals surface area (Å²) in [7, 11) is 4.59. The lowest BCUT2D eigenvalue weighted by atomic mass is 10.1. The summed E-state index contributed by atoms with van der Waals surface area (Å²) in [6.45, 7) is 0. The Kier molecular flexibility index (Phi) is 5.45. The molecule has 0 fully saturated rings. The highest BCUT2D eigenvalue weighted by Crippen LogP contribution is 2.38. The summed E-state index contributed by atoms with van der Waals surface area (Å²) in [6.07, 6.45) is 0. The van der Waals surface area contributed by atoms with Gasteiger partial charge in [-0.15, -0.1) is 11.3 Å². The van der Waals surface area contributed by atoms with Crippen LogP contribution in [0, 0.1) is 0 Å². The van der Waals surface area contributed by atoms with Crippen LogP contribution in [0.15, 0.2) is 40.7 Å². The Morgan fingerprint density at radius 1 is 1.08 bits per heavy atom. The molecule has 0 N–H and O–H groups in total. The number of methoxy groups -OCH3 is 3. The summed E-state index contributed by atoms with van der Waals surface area (Å²) in [5.41, 5.74) is 1.47. The van der Waals surface area contributed by atoms with E-state index in [1.165, 1.54) is 33.1 Å². The molecule has 0 aliphatic rings. The Bertz CT molecular complexity index is 849. The third-order valence-electron chi connectivity index (χ3n) is 3.59. The van der Waals surface area contributed by atoms with Crippen LogP contribution < -0.4 is 14.2 Å². The molecule has 0 aliphatic heterocycles. The first-order chi connectivity index (χ1) is 12.2. The number of para-hydroxylation sites is 1. The van der Waals surface area contributed by atoms with E-state index in [0.717, 1.165) is 14.6 Å². The zero-order valence-corrected chi connectivity index (χ0v) is 15.7. The Morgan fingerprint density at radius 3 is 2.36 bits per heavy atom. The molecule has 25 heavy (non-hydrogen) atoms. The van der Waals surface area contributed by atoms with E-state index in [1.807, 2.05) is 24.3 Å². The first kappa shape index (κ1) is 17.6. The third kappa shape index (κ3) is 3.72.